The van der Waals surface area contributed by atoms with E-state index < -0.39 is 14.4 Å². The molecule has 1 N–H and O–H groups in total. The molecule has 136 valence electrons. The Hall–Kier alpha value is -0.453. The summed E-state index contributed by atoms with van der Waals surface area (Å²) in [4.78, 5) is 12.4. The van der Waals surface area contributed by atoms with Gasteiger partial charge in [0, 0.05) is 18.4 Å². The molecular weight excluding hydrogens is 304 g/mol. The van der Waals surface area contributed by atoms with Crippen LogP contribution in [0.3, 0.4) is 0 Å². The monoisotopic (exact) mass is 342 g/mol. The third-order valence-corrected chi connectivity index (χ3v) is 11.2. The predicted octanol–water partition coefficient (Wildman–Crippen LogP) is 5.10. The fraction of sp³-hybridized carbons (Fsp3) is 0.842. The van der Waals surface area contributed by atoms with Gasteiger partial charge >= 0.3 is 0 Å². The maximum absolute atomic E-state index is 12.4. The van der Waals surface area contributed by atoms with E-state index in [0.717, 1.165) is 0 Å². The van der Waals surface area contributed by atoms with Crippen molar-refractivity contribution in [2.45, 2.75) is 97.6 Å². The van der Waals surface area contributed by atoms with E-state index in [2.05, 4.69) is 41.5 Å². The summed E-state index contributed by atoms with van der Waals surface area (Å²) in [5.41, 5.74) is 1.52. The standard InChI is InChI=1S/C19H38O3Si/c1-10-11-18(20)17(9)19(21)12-16(8)22-23(13(2)3,14(4)5)15(6)7/h10-11,13-18,20H,12H2,1-9H3/b11-10+/t16-,17+,18+/m1/s1. The van der Waals surface area contributed by atoms with Gasteiger partial charge in [0.15, 0.2) is 0 Å². The third kappa shape index (κ3) is 5.84. The van der Waals surface area contributed by atoms with Crippen LogP contribution in [0.1, 0.15) is 68.7 Å². The van der Waals surface area contributed by atoms with Gasteiger partial charge in [0.2, 0.25) is 8.32 Å². The van der Waals surface area contributed by atoms with Crippen molar-refractivity contribution in [1.29, 1.82) is 0 Å². The number of hydrogen-bond donors (Lipinski definition) is 1. The van der Waals surface area contributed by atoms with Gasteiger partial charge in [-0.05, 0) is 30.5 Å². The van der Waals surface area contributed by atoms with Gasteiger partial charge in [0.05, 0.1) is 6.10 Å². The van der Waals surface area contributed by atoms with Gasteiger partial charge in [-0.2, -0.15) is 0 Å². The lowest BCUT2D eigenvalue weighted by atomic mass is 9.95. The Morgan fingerprint density at radius 3 is 1.78 bits per heavy atom. The highest BCUT2D eigenvalue weighted by molar-refractivity contribution is 6.77. The highest BCUT2D eigenvalue weighted by atomic mass is 28.4. The van der Waals surface area contributed by atoms with Crippen molar-refractivity contribution >= 4 is 14.1 Å². The lowest BCUT2D eigenvalue weighted by Gasteiger charge is -2.44. The molecule has 4 heteroatoms. The fourth-order valence-corrected chi connectivity index (χ4v) is 9.42. The minimum absolute atomic E-state index is 0.0715. The normalized spacial score (nSPS) is 17.3. The summed E-state index contributed by atoms with van der Waals surface area (Å²) in [6, 6.07) is 0. The van der Waals surface area contributed by atoms with Crippen LogP contribution in [0.25, 0.3) is 0 Å². The maximum Gasteiger partial charge on any atom is 0.200 e. The number of allylic oxidation sites excluding steroid dienone is 1. The molecule has 0 spiro atoms. The second kappa shape index (κ2) is 9.75. The molecule has 0 amide bonds. The average molecular weight is 343 g/mol. The van der Waals surface area contributed by atoms with Gasteiger partial charge < -0.3 is 9.53 Å². The summed E-state index contributed by atoms with van der Waals surface area (Å²) in [6.07, 6.45) is 3.02. The van der Waals surface area contributed by atoms with Gasteiger partial charge in [0.1, 0.15) is 5.78 Å². The molecule has 0 rings (SSSR count). The summed E-state index contributed by atoms with van der Waals surface area (Å²) in [5, 5.41) is 9.96. The quantitative estimate of drug-likeness (QED) is 0.444. The minimum atomic E-state index is -1.96. The summed E-state index contributed by atoms with van der Waals surface area (Å²) in [7, 11) is -1.96. The van der Waals surface area contributed by atoms with Crippen molar-refractivity contribution < 1.29 is 14.3 Å². The Morgan fingerprint density at radius 2 is 1.43 bits per heavy atom. The van der Waals surface area contributed by atoms with E-state index in [0.29, 0.717) is 23.0 Å². The second-order valence-electron chi connectivity index (χ2n) is 7.72. The molecule has 0 aliphatic rings. The predicted molar refractivity (Wildman–Crippen MR) is 101 cm³/mol. The molecule has 0 aromatic heterocycles. The first-order valence-corrected chi connectivity index (χ1v) is 11.2. The molecule has 0 heterocycles. The van der Waals surface area contributed by atoms with Crippen LogP contribution in [0.2, 0.25) is 16.6 Å². The molecular formula is C19H38O3Si. The number of Topliss-reactive ketones (excluding diaryl/α,β-unsaturated/α-hetero) is 1. The van der Waals surface area contributed by atoms with E-state index in [1.807, 2.05) is 13.8 Å². The van der Waals surface area contributed by atoms with Crippen LogP contribution >= 0.6 is 0 Å². The van der Waals surface area contributed by atoms with Gasteiger partial charge in [-0.25, -0.2) is 0 Å². The first-order chi connectivity index (χ1) is 10.5. The number of hydrogen-bond acceptors (Lipinski definition) is 3. The molecule has 0 saturated heterocycles. The first kappa shape index (κ1) is 22.5. The van der Waals surface area contributed by atoms with E-state index in [1.54, 1.807) is 19.1 Å². The molecule has 0 unspecified atom stereocenters. The molecule has 0 bridgehead atoms. The summed E-state index contributed by atoms with van der Waals surface area (Å²) in [5.74, 6) is -0.312. The number of aliphatic hydroxyl groups is 1. The zero-order valence-corrected chi connectivity index (χ0v) is 17.6. The molecule has 3 nitrogen and oxygen atoms in total. The van der Waals surface area contributed by atoms with Crippen molar-refractivity contribution in [2.75, 3.05) is 0 Å². The van der Waals surface area contributed by atoms with Crippen molar-refractivity contribution in [1.82, 2.24) is 0 Å². The maximum atomic E-state index is 12.4. The summed E-state index contributed by atoms with van der Waals surface area (Å²) >= 11 is 0. The number of rotatable bonds is 10. The molecule has 23 heavy (non-hydrogen) atoms. The Balaban J connectivity index is 5.03. The smallest absolute Gasteiger partial charge is 0.200 e. The van der Waals surface area contributed by atoms with Crippen LogP contribution in [-0.4, -0.2) is 31.4 Å². The molecule has 0 aromatic rings. The van der Waals surface area contributed by atoms with E-state index in [-0.39, 0.29) is 17.8 Å². The van der Waals surface area contributed by atoms with E-state index in [4.69, 9.17) is 4.43 Å². The SMILES string of the molecule is C/C=C/[C@H](O)[C@H](C)C(=O)C[C@@H](C)O[Si](C(C)C)(C(C)C)C(C)C. The topological polar surface area (TPSA) is 46.5 Å². The largest absolute Gasteiger partial charge is 0.413 e. The lowest BCUT2D eigenvalue weighted by Crippen LogP contribution is -2.50. The zero-order chi connectivity index (χ0) is 18.4. The van der Waals surface area contributed by atoms with Crippen LogP contribution in [0.15, 0.2) is 12.2 Å². The molecule has 0 aliphatic heterocycles. The highest BCUT2D eigenvalue weighted by Gasteiger charge is 2.46. The van der Waals surface area contributed by atoms with Crippen LogP contribution < -0.4 is 0 Å². The first-order valence-electron chi connectivity index (χ1n) is 9.01. The van der Waals surface area contributed by atoms with E-state index in [1.165, 1.54) is 0 Å². The average Bonchev–Trinajstić information content (AvgIpc) is 2.42. The second-order valence-corrected chi connectivity index (χ2v) is 13.1. The lowest BCUT2D eigenvalue weighted by molar-refractivity contribution is -0.126. The number of carbonyl (C=O) groups is 1. The van der Waals surface area contributed by atoms with Crippen LogP contribution in [0.5, 0.6) is 0 Å². The van der Waals surface area contributed by atoms with Gasteiger partial charge in [-0.15, -0.1) is 0 Å². The number of aliphatic hydroxyl groups excluding tert-OH is 1. The van der Waals surface area contributed by atoms with Crippen molar-refractivity contribution in [3.63, 3.8) is 0 Å². The molecule has 0 fully saturated rings. The summed E-state index contributed by atoms with van der Waals surface area (Å²) < 4.78 is 6.60. The Labute approximate surface area is 144 Å². The fourth-order valence-electron chi connectivity index (χ4n) is 3.82. The van der Waals surface area contributed by atoms with Gasteiger partial charge in [-0.1, -0.05) is 60.6 Å². The molecule has 3 atom stereocenters. The van der Waals surface area contributed by atoms with Crippen LogP contribution in [0.4, 0.5) is 0 Å². The van der Waals surface area contributed by atoms with Crippen LogP contribution in [-0.2, 0) is 9.22 Å². The Morgan fingerprint density at radius 1 is 1.00 bits per heavy atom. The highest BCUT2D eigenvalue weighted by Crippen LogP contribution is 2.43. The van der Waals surface area contributed by atoms with Crippen molar-refractivity contribution in [3.05, 3.63) is 12.2 Å². The third-order valence-electron chi connectivity index (χ3n) is 5.01. The molecule has 0 radical (unpaired) electrons. The molecule has 0 aromatic carbocycles. The van der Waals surface area contributed by atoms with Gasteiger partial charge in [0.25, 0.3) is 0 Å². The molecule has 0 saturated carbocycles. The zero-order valence-electron chi connectivity index (χ0n) is 16.6. The number of carbonyl (C=O) groups excluding carboxylic acids is 1. The Kier molecular flexibility index (Phi) is 9.56. The number of ketones is 1. The van der Waals surface area contributed by atoms with Crippen molar-refractivity contribution in [2.24, 2.45) is 5.92 Å². The van der Waals surface area contributed by atoms with Gasteiger partial charge in [-0.3, -0.25) is 4.79 Å². The Bertz CT molecular complexity index is 366. The minimum Gasteiger partial charge on any atom is -0.413 e. The van der Waals surface area contributed by atoms with E-state index in [9.17, 15) is 9.90 Å². The summed E-state index contributed by atoms with van der Waals surface area (Å²) in [6.45, 7) is 19.1. The van der Waals surface area contributed by atoms with E-state index >= 15 is 0 Å². The van der Waals surface area contributed by atoms with Crippen molar-refractivity contribution in [3.8, 4) is 0 Å². The van der Waals surface area contributed by atoms with Crippen LogP contribution in [0, 0.1) is 5.92 Å². The molecule has 0 aliphatic carbocycles.